The second-order valence-corrected chi connectivity index (χ2v) is 5.73. The molecule has 0 aliphatic heterocycles. The van der Waals surface area contributed by atoms with Crippen molar-refractivity contribution in [1.82, 2.24) is 9.97 Å². The van der Waals surface area contributed by atoms with Gasteiger partial charge in [0.1, 0.15) is 23.7 Å². The van der Waals surface area contributed by atoms with Gasteiger partial charge in [0, 0.05) is 6.54 Å². The van der Waals surface area contributed by atoms with E-state index in [0.717, 1.165) is 0 Å². The highest BCUT2D eigenvalue weighted by Gasteiger charge is 2.27. The summed E-state index contributed by atoms with van der Waals surface area (Å²) in [6.07, 6.45) is -5.26. The van der Waals surface area contributed by atoms with E-state index in [4.69, 9.17) is 15.5 Å². The maximum Gasteiger partial charge on any atom is 0.469 e. The summed E-state index contributed by atoms with van der Waals surface area (Å²) < 4.78 is 14.5. The second-order valence-electron chi connectivity index (χ2n) is 4.49. The van der Waals surface area contributed by atoms with Gasteiger partial charge in [0.2, 0.25) is 0 Å². The maximum absolute atomic E-state index is 11.2. The molecule has 0 aromatic carbocycles. The van der Waals surface area contributed by atoms with Gasteiger partial charge in [-0.2, -0.15) is 0 Å². The number of phosphoric acid groups is 1. The Morgan fingerprint density at radius 1 is 1.17 bits per heavy atom. The Kier molecular flexibility index (Phi) is 6.47. The van der Waals surface area contributed by atoms with Crippen molar-refractivity contribution in [3.63, 3.8) is 0 Å². The van der Waals surface area contributed by atoms with Crippen molar-refractivity contribution >= 4 is 19.3 Å². The van der Waals surface area contributed by atoms with E-state index in [1.54, 1.807) is 0 Å². The fourth-order valence-corrected chi connectivity index (χ4v) is 1.84. The Bertz CT molecular complexity index is 682. The van der Waals surface area contributed by atoms with Gasteiger partial charge < -0.3 is 36.2 Å². The largest absolute Gasteiger partial charge is 0.469 e. The van der Waals surface area contributed by atoms with E-state index in [-0.39, 0.29) is 11.5 Å². The summed E-state index contributed by atoms with van der Waals surface area (Å²) in [5.41, 5.74) is 3.32. The molecule has 13 nitrogen and oxygen atoms in total. The van der Waals surface area contributed by atoms with E-state index in [9.17, 15) is 29.5 Å². The number of aliphatic hydroxyl groups excluding tert-OH is 3. The lowest BCUT2D eigenvalue weighted by Crippen LogP contribution is -2.43. The molecule has 23 heavy (non-hydrogen) atoms. The molecule has 1 rings (SSSR count). The molecule has 10 N–H and O–H groups in total. The number of nitrogens with two attached hydrogens (primary N) is 1. The van der Waals surface area contributed by atoms with Gasteiger partial charge in [-0.15, -0.1) is 0 Å². The normalized spacial score (nSPS) is 15.9. The number of aromatic amines is 2. The number of rotatable bonds is 8. The van der Waals surface area contributed by atoms with Crippen molar-refractivity contribution in [3.8, 4) is 0 Å². The van der Waals surface area contributed by atoms with Crippen LogP contribution in [-0.2, 0) is 9.09 Å². The Morgan fingerprint density at radius 3 is 2.35 bits per heavy atom. The van der Waals surface area contributed by atoms with Crippen LogP contribution in [0.5, 0.6) is 0 Å². The SMILES string of the molecule is Nc1c(NC[C@H](O)[C@H](O)[C@H](O)COP(=O)(O)O)[nH]c(=O)[nH]c1=O. The number of H-pyrrole nitrogens is 2. The van der Waals surface area contributed by atoms with Crippen molar-refractivity contribution in [1.29, 1.82) is 0 Å². The molecule has 1 heterocycles. The van der Waals surface area contributed by atoms with Crippen LogP contribution in [0.1, 0.15) is 0 Å². The second kappa shape index (κ2) is 7.70. The summed E-state index contributed by atoms with van der Waals surface area (Å²) in [6.45, 7) is -1.37. The third-order valence-corrected chi connectivity index (χ3v) is 3.15. The minimum Gasteiger partial charge on any atom is -0.391 e. The van der Waals surface area contributed by atoms with Gasteiger partial charge >= 0.3 is 13.5 Å². The highest BCUT2D eigenvalue weighted by molar-refractivity contribution is 7.46. The number of nitrogens with one attached hydrogen (secondary N) is 3. The molecule has 0 saturated heterocycles. The highest BCUT2D eigenvalue weighted by atomic mass is 31.2. The zero-order chi connectivity index (χ0) is 17.8. The van der Waals surface area contributed by atoms with E-state index in [0.29, 0.717) is 0 Å². The first-order chi connectivity index (χ1) is 10.5. The molecule has 14 heteroatoms. The number of anilines is 2. The van der Waals surface area contributed by atoms with Crippen LogP contribution in [-0.4, -0.2) is 66.5 Å². The summed E-state index contributed by atoms with van der Waals surface area (Å²) in [5.74, 6) is -0.203. The van der Waals surface area contributed by atoms with Gasteiger partial charge in [-0.3, -0.25) is 19.3 Å². The average molecular weight is 356 g/mol. The van der Waals surface area contributed by atoms with Crippen molar-refractivity contribution < 1.29 is 34.2 Å². The fourth-order valence-electron chi connectivity index (χ4n) is 1.49. The number of hydrogen-bond donors (Lipinski definition) is 9. The van der Waals surface area contributed by atoms with Crippen molar-refractivity contribution in [2.24, 2.45) is 0 Å². The lowest BCUT2D eigenvalue weighted by molar-refractivity contribution is -0.0705. The molecule has 0 aliphatic rings. The molecule has 1 aromatic rings. The van der Waals surface area contributed by atoms with Crippen LogP contribution in [0.3, 0.4) is 0 Å². The zero-order valence-corrected chi connectivity index (χ0v) is 12.4. The van der Waals surface area contributed by atoms with E-state index in [2.05, 4.69) is 14.8 Å². The number of aromatic nitrogens is 2. The lowest BCUT2D eigenvalue weighted by Gasteiger charge is -2.23. The molecule has 0 unspecified atom stereocenters. The van der Waals surface area contributed by atoms with E-state index in [1.807, 2.05) is 4.98 Å². The molecule has 0 amide bonds. The van der Waals surface area contributed by atoms with Crippen molar-refractivity contribution in [2.45, 2.75) is 18.3 Å². The van der Waals surface area contributed by atoms with Crippen molar-refractivity contribution in [3.05, 3.63) is 20.8 Å². The van der Waals surface area contributed by atoms with Crippen LogP contribution in [0.25, 0.3) is 0 Å². The summed E-state index contributed by atoms with van der Waals surface area (Å²) >= 11 is 0. The Labute approximate surface area is 128 Å². The predicted molar refractivity (Wildman–Crippen MR) is 76.6 cm³/mol. The third kappa shape index (κ3) is 6.11. The molecule has 1 aromatic heterocycles. The lowest BCUT2D eigenvalue weighted by atomic mass is 10.1. The van der Waals surface area contributed by atoms with Gasteiger partial charge in [-0.05, 0) is 0 Å². The molecule has 0 aliphatic carbocycles. The zero-order valence-electron chi connectivity index (χ0n) is 11.5. The van der Waals surface area contributed by atoms with Crippen LogP contribution < -0.4 is 22.3 Å². The Morgan fingerprint density at radius 2 is 1.78 bits per heavy atom. The van der Waals surface area contributed by atoms with Crippen LogP contribution in [0.4, 0.5) is 11.5 Å². The van der Waals surface area contributed by atoms with Crippen LogP contribution >= 0.6 is 7.82 Å². The predicted octanol–water partition coefficient (Wildman–Crippen LogP) is -3.75. The van der Waals surface area contributed by atoms with E-state index >= 15 is 0 Å². The fraction of sp³-hybridized carbons (Fsp3) is 0.556. The quantitative estimate of drug-likeness (QED) is 0.205. The third-order valence-electron chi connectivity index (χ3n) is 2.67. The van der Waals surface area contributed by atoms with Crippen molar-refractivity contribution in [2.75, 3.05) is 24.2 Å². The molecular formula is C9H17N4O9P. The Hall–Kier alpha value is -1.73. The number of aliphatic hydroxyl groups is 3. The number of hydrogen-bond acceptors (Lipinski definition) is 9. The summed E-state index contributed by atoms with van der Waals surface area (Å²) in [4.78, 5) is 43.3. The van der Waals surface area contributed by atoms with Gasteiger partial charge in [0.15, 0.2) is 0 Å². The van der Waals surface area contributed by atoms with Gasteiger partial charge in [0.05, 0.1) is 12.7 Å². The highest BCUT2D eigenvalue weighted by Crippen LogP contribution is 2.35. The van der Waals surface area contributed by atoms with Crippen LogP contribution in [0.15, 0.2) is 9.59 Å². The first-order valence-corrected chi connectivity index (χ1v) is 7.64. The summed E-state index contributed by atoms with van der Waals surface area (Å²) in [5, 5.41) is 31.1. The number of phosphoric ester groups is 1. The Balaban J connectivity index is 2.62. The van der Waals surface area contributed by atoms with Gasteiger partial charge in [-0.1, -0.05) is 0 Å². The van der Waals surface area contributed by atoms with Gasteiger partial charge in [-0.25, -0.2) is 9.36 Å². The molecular weight excluding hydrogens is 339 g/mol. The smallest absolute Gasteiger partial charge is 0.391 e. The average Bonchev–Trinajstić information content (AvgIpc) is 2.44. The van der Waals surface area contributed by atoms with Crippen LogP contribution in [0.2, 0.25) is 0 Å². The van der Waals surface area contributed by atoms with E-state index < -0.39 is 50.5 Å². The number of nitrogen functional groups attached to an aromatic ring is 1. The van der Waals surface area contributed by atoms with Crippen LogP contribution in [0, 0.1) is 0 Å². The molecule has 0 spiro atoms. The standard InChI is InChI=1S/C9H17N4O9P/c10-5-7(12-9(18)13-8(5)17)11-1-3(14)6(16)4(15)2-22-23(19,20)21/h3-4,6,14-16H,1-2,10H2,(H2,19,20,21)(H3,11,12,13,17,18)/t3-,4+,6-/m0/s1. The minimum atomic E-state index is -4.83. The molecule has 132 valence electrons. The molecule has 0 bridgehead atoms. The summed E-state index contributed by atoms with van der Waals surface area (Å²) in [7, 11) is -4.83. The first kappa shape index (κ1) is 19.3. The molecule has 0 saturated carbocycles. The van der Waals surface area contributed by atoms with Gasteiger partial charge in [0.25, 0.3) is 5.56 Å². The first-order valence-electron chi connectivity index (χ1n) is 6.11. The topological polar surface area (TPSA) is 231 Å². The monoisotopic (exact) mass is 356 g/mol. The minimum absolute atomic E-state index is 0.203. The van der Waals surface area contributed by atoms with E-state index in [1.165, 1.54) is 0 Å². The summed E-state index contributed by atoms with van der Waals surface area (Å²) in [6, 6.07) is 0. The maximum atomic E-state index is 11.2. The molecule has 0 radical (unpaired) electrons. The molecule has 0 fully saturated rings. The molecule has 3 atom stereocenters.